The predicted octanol–water partition coefficient (Wildman–Crippen LogP) is 4.10. The zero-order chi connectivity index (χ0) is 15.0. The Balaban J connectivity index is 1.92. The highest BCUT2D eigenvalue weighted by atomic mass is 79.9. The molecule has 3 heterocycles. The first-order valence-electron chi connectivity index (χ1n) is 6.11. The maximum atomic E-state index is 12.4. The Hall–Kier alpha value is -0.720. The number of rotatable bonds is 2. The van der Waals surface area contributed by atoms with E-state index in [0.717, 1.165) is 37.5 Å². The second kappa shape index (κ2) is 6.18. The van der Waals surface area contributed by atoms with Crippen LogP contribution in [0.1, 0.15) is 26.4 Å². The normalized spacial score (nSPS) is 13.6. The van der Waals surface area contributed by atoms with E-state index in [0.29, 0.717) is 16.1 Å². The van der Waals surface area contributed by atoms with Crippen molar-refractivity contribution in [2.24, 2.45) is 0 Å². The molecule has 0 saturated heterocycles. The Morgan fingerprint density at radius 3 is 2.90 bits per heavy atom. The van der Waals surface area contributed by atoms with Crippen LogP contribution in [0.15, 0.2) is 13.6 Å². The third-order valence-electron chi connectivity index (χ3n) is 3.17. The molecule has 108 valence electrons. The van der Waals surface area contributed by atoms with E-state index in [2.05, 4.69) is 48.6 Å². The molecule has 0 bridgehead atoms. The lowest BCUT2D eigenvalue weighted by Crippen LogP contribution is -2.22. The second-order valence-electron chi connectivity index (χ2n) is 4.44. The first-order valence-corrected chi connectivity index (χ1v) is 9.33. The lowest BCUT2D eigenvalue weighted by Gasteiger charge is -2.11. The van der Waals surface area contributed by atoms with E-state index in [4.69, 9.17) is 0 Å². The van der Waals surface area contributed by atoms with E-state index in [1.807, 2.05) is 0 Å². The van der Waals surface area contributed by atoms with Crippen LogP contribution in [0.3, 0.4) is 0 Å². The van der Waals surface area contributed by atoms with E-state index in [1.165, 1.54) is 22.7 Å². The Kier molecular flexibility index (Phi) is 4.47. The molecule has 8 heteroatoms. The van der Waals surface area contributed by atoms with Gasteiger partial charge in [-0.15, -0.1) is 22.7 Å². The van der Waals surface area contributed by atoms with Crippen molar-refractivity contribution < 1.29 is 4.79 Å². The highest BCUT2D eigenvalue weighted by Gasteiger charge is 2.23. The van der Waals surface area contributed by atoms with Gasteiger partial charge in [0.05, 0.1) is 18.7 Å². The van der Waals surface area contributed by atoms with Gasteiger partial charge in [-0.3, -0.25) is 4.79 Å². The standard InChI is InChI=1S/C13H9Br2N3OS2/c14-10-3-7(11(15)21-10)12(19)18-13-8(4-16)6-1-2-17-5-9(6)20-13/h3,17H,1-2,5H2,(H,18,19). The first-order chi connectivity index (χ1) is 10.1. The molecule has 0 aliphatic carbocycles. The average Bonchev–Trinajstić information content (AvgIpc) is 2.97. The Labute approximate surface area is 146 Å². The lowest BCUT2D eigenvalue weighted by molar-refractivity contribution is 0.102. The number of anilines is 1. The van der Waals surface area contributed by atoms with Crippen LogP contribution in [0.2, 0.25) is 0 Å². The van der Waals surface area contributed by atoms with Crippen LogP contribution < -0.4 is 10.6 Å². The quantitative estimate of drug-likeness (QED) is 0.729. The summed E-state index contributed by atoms with van der Waals surface area (Å²) in [5.41, 5.74) is 2.25. The van der Waals surface area contributed by atoms with Gasteiger partial charge in [-0.05, 0) is 56.5 Å². The number of nitrogens with one attached hydrogen (secondary N) is 2. The van der Waals surface area contributed by atoms with Gasteiger partial charge in [-0.2, -0.15) is 5.26 Å². The van der Waals surface area contributed by atoms with Gasteiger partial charge in [-0.1, -0.05) is 0 Å². The van der Waals surface area contributed by atoms with E-state index in [-0.39, 0.29) is 5.91 Å². The van der Waals surface area contributed by atoms with Crippen molar-refractivity contribution in [3.05, 3.63) is 35.2 Å². The largest absolute Gasteiger partial charge is 0.312 e. The van der Waals surface area contributed by atoms with Gasteiger partial charge < -0.3 is 10.6 Å². The fourth-order valence-electron chi connectivity index (χ4n) is 2.21. The molecule has 0 fully saturated rings. The molecule has 0 atom stereocenters. The number of fused-ring (bicyclic) bond motifs is 1. The molecular weight excluding hydrogens is 438 g/mol. The van der Waals surface area contributed by atoms with Crippen molar-refractivity contribution in [2.75, 3.05) is 11.9 Å². The van der Waals surface area contributed by atoms with Crippen molar-refractivity contribution in [1.29, 1.82) is 5.26 Å². The second-order valence-corrected chi connectivity index (χ2v) is 9.29. The highest BCUT2D eigenvalue weighted by molar-refractivity contribution is 9.12. The first kappa shape index (κ1) is 15.2. The number of hydrogen-bond acceptors (Lipinski definition) is 5. The van der Waals surface area contributed by atoms with Crippen molar-refractivity contribution in [3.63, 3.8) is 0 Å². The summed E-state index contributed by atoms with van der Waals surface area (Å²) in [6.45, 7) is 1.63. The molecule has 0 aromatic carbocycles. The number of halogens is 2. The number of amides is 1. The summed E-state index contributed by atoms with van der Waals surface area (Å²) in [5.74, 6) is -0.202. The van der Waals surface area contributed by atoms with E-state index < -0.39 is 0 Å². The van der Waals surface area contributed by atoms with Gasteiger partial charge in [0.2, 0.25) is 0 Å². The molecule has 0 saturated carbocycles. The third kappa shape index (κ3) is 2.94. The summed E-state index contributed by atoms with van der Waals surface area (Å²) in [7, 11) is 0. The highest BCUT2D eigenvalue weighted by Crippen LogP contribution is 2.36. The maximum absolute atomic E-state index is 12.4. The SMILES string of the molecule is N#Cc1c(NC(=O)c2cc(Br)sc2Br)sc2c1CCNC2. The predicted molar refractivity (Wildman–Crippen MR) is 92.1 cm³/mol. The number of hydrogen-bond donors (Lipinski definition) is 2. The zero-order valence-electron chi connectivity index (χ0n) is 10.6. The van der Waals surface area contributed by atoms with Crippen LogP contribution in [0, 0.1) is 11.3 Å². The monoisotopic (exact) mass is 445 g/mol. The summed E-state index contributed by atoms with van der Waals surface area (Å²) in [6, 6.07) is 4.00. The van der Waals surface area contributed by atoms with Gasteiger partial charge in [0, 0.05) is 11.4 Å². The number of nitriles is 1. The van der Waals surface area contributed by atoms with Gasteiger partial charge in [0.15, 0.2) is 0 Å². The lowest BCUT2D eigenvalue weighted by atomic mass is 10.1. The Bertz CT molecular complexity index is 760. The molecular formula is C13H9Br2N3OS2. The molecule has 4 nitrogen and oxygen atoms in total. The van der Waals surface area contributed by atoms with Crippen LogP contribution in [0.5, 0.6) is 0 Å². The number of carbonyl (C=O) groups excluding carboxylic acids is 1. The molecule has 0 spiro atoms. The fourth-order valence-corrected chi connectivity index (χ4v) is 6.16. The van der Waals surface area contributed by atoms with Gasteiger partial charge in [0.1, 0.15) is 11.1 Å². The topological polar surface area (TPSA) is 64.9 Å². The summed E-state index contributed by atoms with van der Waals surface area (Å²) in [6.07, 6.45) is 0.832. The van der Waals surface area contributed by atoms with Crippen LogP contribution in [-0.4, -0.2) is 12.5 Å². The molecule has 2 aromatic rings. The molecule has 3 rings (SSSR count). The molecule has 1 aliphatic heterocycles. The molecule has 0 radical (unpaired) electrons. The van der Waals surface area contributed by atoms with Crippen molar-refractivity contribution >= 4 is 65.4 Å². The number of nitrogens with zero attached hydrogens (tertiary/aromatic N) is 1. The van der Waals surface area contributed by atoms with Gasteiger partial charge in [-0.25, -0.2) is 0 Å². The summed E-state index contributed by atoms with van der Waals surface area (Å²) in [4.78, 5) is 13.5. The maximum Gasteiger partial charge on any atom is 0.258 e. The van der Waals surface area contributed by atoms with Crippen molar-refractivity contribution in [2.45, 2.75) is 13.0 Å². The molecule has 21 heavy (non-hydrogen) atoms. The van der Waals surface area contributed by atoms with Crippen molar-refractivity contribution in [3.8, 4) is 6.07 Å². The minimum Gasteiger partial charge on any atom is -0.312 e. The molecule has 1 aliphatic rings. The molecule has 2 aromatic heterocycles. The van der Waals surface area contributed by atoms with E-state index in [1.54, 1.807) is 6.07 Å². The smallest absolute Gasteiger partial charge is 0.258 e. The van der Waals surface area contributed by atoms with Gasteiger partial charge >= 0.3 is 0 Å². The average molecular weight is 447 g/mol. The molecule has 2 N–H and O–H groups in total. The van der Waals surface area contributed by atoms with Gasteiger partial charge in [0.25, 0.3) is 5.91 Å². The minimum atomic E-state index is -0.202. The number of carbonyl (C=O) groups is 1. The summed E-state index contributed by atoms with van der Waals surface area (Å²) < 4.78 is 1.66. The Morgan fingerprint density at radius 2 is 2.24 bits per heavy atom. The summed E-state index contributed by atoms with van der Waals surface area (Å²) in [5, 5.41) is 16.2. The van der Waals surface area contributed by atoms with E-state index >= 15 is 0 Å². The van der Waals surface area contributed by atoms with Crippen LogP contribution in [0.4, 0.5) is 5.00 Å². The minimum absolute atomic E-state index is 0.202. The summed E-state index contributed by atoms with van der Waals surface area (Å²) >= 11 is 9.67. The van der Waals surface area contributed by atoms with Crippen LogP contribution in [0.25, 0.3) is 0 Å². The van der Waals surface area contributed by atoms with E-state index in [9.17, 15) is 10.1 Å². The molecule has 1 amide bonds. The van der Waals surface area contributed by atoms with Crippen LogP contribution in [-0.2, 0) is 13.0 Å². The van der Waals surface area contributed by atoms with Crippen molar-refractivity contribution in [1.82, 2.24) is 5.32 Å². The number of thiophene rings is 2. The van der Waals surface area contributed by atoms with Crippen LogP contribution >= 0.6 is 54.5 Å². The fraction of sp³-hybridized carbons (Fsp3) is 0.231. The zero-order valence-corrected chi connectivity index (χ0v) is 15.4. The molecule has 0 unspecified atom stereocenters. The Morgan fingerprint density at radius 1 is 1.43 bits per heavy atom. The third-order valence-corrected chi connectivity index (χ3v) is 6.65.